The van der Waals surface area contributed by atoms with Crippen LogP contribution in [0.4, 0.5) is 5.95 Å². The molecule has 1 aromatic heterocycles. The van der Waals surface area contributed by atoms with Crippen LogP contribution >= 0.6 is 0 Å². The van der Waals surface area contributed by atoms with E-state index in [1.54, 1.807) is 0 Å². The smallest absolute Gasteiger partial charge is 0.223 e. The summed E-state index contributed by atoms with van der Waals surface area (Å²) in [4.78, 5) is 8.87. The molecule has 4 heteroatoms. The third-order valence-corrected chi connectivity index (χ3v) is 2.33. The van der Waals surface area contributed by atoms with Gasteiger partial charge in [0, 0.05) is 11.9 Å². The van der Waals surface area contributed by atoms with Crippen molar-refractivity contribution in [3.63, 3.8) is 0 Å². The zero-order valence-electron chi connectivity index (χ0n) is 11.6. The fourth-order valence-corrected chi connectivity index (χ4v) is 1.55. The number of anilines is 1. The second kappa shape index (κ2) is 7.61. The Labute approximate surface area is 109 Å². The molecule has 0 amide bonds. The van der Waals surface area contributed by atoms with Crippen LogP contribution in [0.15, 0.2) is 24.3 Å². The van der Waals surface area contributed by atoms with E-state index in [4.69, 9.17) is 0 Å². The van der Waals surface area contributed by atoms with Crippen molar-refractivity contribution in [1.82, 2.24) is 15.3 Å². The zero-order valence-corrected chi connectivity index (χ0v) is 11.6. The van der Waals surface area contributed by atoms with Gasteiger partial charge in [0.05, 0.1) is 11.2 Å². The lowest BCUT2D eigenvalue weighted by molar-refractivity contribution is 0.953. The number of nitrogens with zero attached hydrogens (tertiary/aromatic N) is 2. The summed E-state index contributed by atoms with van der Waals surface area (Å²) in [6.45, 7) is 5.06. The fourth-order valence-electron chi connectivity index (χ4n) is 1.55. The normalized spacial score (nSPS) is 9.78. The highest BCUT2D eigenvalue weighted by molar-refractivity contribution is 5.81. The summed E-state index contributed by atoms with van der Waals surface area (Å²) in [5.41, 5.74) is 2.03. The Balaban J connectivity index is 0.000000492. The molecule has 18 heavy (non-hydrogen) atoms. The second-order valence-electron chi connectivity index (χ2n) is 4.08. The number of aromatic nitrogens is 2. The van der Waals surface area contributed by atoms with Gasteiger partial charge in [0.1, 0.15) is 0 Å². The molecular formula is C14H22N4. The average Bonchev–Trinajstić information content (AvgIpc) is 2.37. The third kappa shape index (κ3) is 3.96. The highest BCUT2D eigenvalue weighted by atomic mass is 15.1. The molecule has 0 saturated carbocycles. The van der Waals surface area contributed by atoms with Crippen molar-refractivity contribution in [2.75, 3.05) is 26.0 Å². The number of nitrogens with one attached hydrogen (secondary N) is 2. The van der Waals surface area contributed by atoms with Crippen LogP contribution in [-0.2, 0) is 0 Å². The van der Waals surface area contributed by atoms with Crippen LogP contribution in [0.3, 0.4) is 0 Å². The van der Waals surface area contributed by atoms with Gasteiger partial charge in [-0.15, -0.1) is 0 Å². The number of para-hydroxylation sites is 1. The van der Waals surface area contributed by atoms with Gasteiger partial charge in [-0.3, -0.25) is 0 Å². The number of fused-ring (bicyclic) bond motifs is 1. The number of hydrogen-bond donors (Lipinski definition) is 2. The third-order valence-electron chi connectivity index (χ3n) is 2.33. The first-order valence-electron chi connectivity index (χ1n) is 6.28. The van der Waals surface area contributed by atoms with E-state index in [-0.39, 0.29) is 0 Å². The van der Waals surface area contributed by atoms with Crippen LogP contribution in [0.1, 0.15) is 19.0 Å². The summed E-state index contributed by atoms with van der Waals surface area (Å²) in [6, 6.07) is 8.08. The molecule has 1 heterocycles. The Hall–Kier alpha value is -1.68. The summed E-state index contributed by atoms with van der Waals surface area (Å²) in [7, 11) is 3.75. The van der Waals surface area contributed by atoms with Crippen molar-refractivity contribution >= 4 is 16.9 Å². The van der Waals surface area contributed by atoms with Crippen LogP contribution in [-0.4, -0.2) is 30.6 Å². The first-order chi connectivity index (χ1) is 8.72. The molecule has 0 atom stereocenters. The Morgan fingerprint density at radius 2 is 1.78 bits per heavy atom. The Morgan fingerprint density at radius 3 is 2.44 bits per heavy atom. The molecule has 0 aliphatic heterocycles. The second-order valence-corrected chi connectivity index (χ2v) is 4.08. The molecule has 1 aromatic carbocycles. The molecule has 0 bridgehead atoms. The number of hydrogen-bond acceptors (Lipinski definition) is 4. The minimum absolute atomic E-state index is 0.730. The molecule has 0 aliphatic rings. The lowest BCUT2D eigenvalue weighted by atomic mass is 10.2. The Morgan fingerprint density at radius 1 is 1.11 bits per heavy atom. The SMILES string of the molecule is CCCNc1nc(C)c2ccccc2n1.CNC. The van der Waals surface area contributed by atoms with Gasteiger partial charge in [-0.1, -0.05) is 25.1 Å². The molecule has 4 nitrogen and oxygen atoms in total. The van der Waals surface area contributed by atoms with Crippen LogP contribution < -0.4 is 10.6 Å². The molecule has 2 rings (SSSR count). The standard InChI is InChI=1S/C12H15N3.C2H7N/c1-3-8-13-12-14-9(2)10-6-4-5-7-11(10)15-12;1-3-2/h4-7H,3,8H2,1-2H3,(H,13,14,15);3H,1-2H3. The quantitative estimate of drug-likeness (QED) is 0.874. The molecule has 0 saturated heterocycles. The van der Waals surface area contributed by atoms with Gasteiger partial charge in [-0.05, 0) is 33.5 Å². The van der Waals surface area contributed by atoms with Crippen molar-refractivity contribution in [3.05, 3.63) is 30.0 Å². The lowest BCUT2D eigenvalue weighted by Crippen LogP contribution is -2.05. The first-order valence-corrected chi connectivity index (χ1v) is 6.28. The number of rotatable bonds is 3. The molecule has 0 radical (unpaired) electrons. The molecular weight excluding hydrogens is 224 g/mol. The fraction of sp³-hybridized carbons (Fsp3) is 0.429. The maximum atomic E-state index is 4.45. The van der Waals surface area contributed by atoms with Gasteiger partial charge < -0.3 is 10.6 Å². The summed E-state index contributed by atoms with van der Waals surface area (Å²) in [5.74, 6) is 0.730. The van der Waals surface area contributed by atoms with Gasteiger partial charge in [0.2, 0.25) is 5.95 Å². The summed E-state index contributed by atoms with van der Waals surface area (Å²) < 4.78 is 0. The van der Waals surface area contributed by atoms with Crippen molar-refractivity contribution in [2.45, 2.75) is 20.3 Å². The molecule has 2 aromatic rings. The predicted molar refractivity (Wildman–Crippen MR) is 78.0 cm³/mol. The van der Waals surface area contributed by atoms with E-state index in [1.807, 2.05) is 45.3 Å². The minimum Gasteiger partial charge on any atom is -0.354 e. The summed E-state index contributed by atoms with van der Waals surface area (Å²) >= 11 is 0. The van der Waals surface area contributed by atoms with Gasteiger partial charge in [-0.25, -0.2) is 9.97 Å². The molecule has 0 aliphatic carbocycles. The molecule has 0 unspecified atom stereocenters. The number of aryl methyl sites for hydroxylation is 1. The topological polar surface area (TPSA) is 49.8 Å². The minimum atomic E-state index is 0.730. The van der Waals surface area contributed by atoms with E-state index < -0.39 is 0 Å². The van der Waals surface area contributed by atoms with E-state index in [0.717, 1.165) is 35.5 Å². The number of benzene rings is 1. The van der Waals surface area contributed by atoms with Gasteiger partial charge in [0.25, 0.3) is 0 Å². The van der Waals surface area contributed by atoms with Gasteiger partial charge in [-0.2, -0.15) is 0 Å². The van der Waals surface area contributed by atoms with E-state index >= 15 is 0 Å². The van der Waals surface area contributed by atoms with Crippen molar-refractivity contribution in [3.8, 4) is 0 Å². The van der Waals surface area contributed by atoms with Gasteiger partial charge >= 0.3 is 0 Å². The average molecular weight is 246 g/mol. The van der Waals surface area contributed by atoms with Crippen molar-refractivity contribution < 1.29 is 0 Å². The van der Waals surface area contributed by atoms with Crippen molar-refractivity contribution in [2.24, 2.45) is 0 Å². The highest BCUT2D eigenvalue weighted by Crippen LogP contribution is 2.16. The first kappa shape index (κ1) is 14.4. The van der Waals surface area contributed by atoms with E-state index in [9.17, 15) is 0 Å². The van der Waals surface area contributed by atoms with Gasteiger partial charge in [0.15, 0.2) is 0 Å². The van der Waals surface area contributed by atoms with Crippen LogP contribution in [0.25, 0.3) is 10.9 Å². The van der Waals surface area contributed by atoms with E-state index in [1.165, 1.54) is 0 Å². The van der Waals surface area contributed by atoms with Crippen LogP contribution in [0.2, 0.25) is 0 Å². The summed E-state index contributed by atoms with van der Waals surface area (Å²) in [5, 5.41) is 7.08. The molecule has 0 spiro atoms. The Kier molecular flexibility index (Phi) is 6.08. The van der Waals surface area contributed by atoms with Crippen LogP contribution in [0, 0.1) is 6.92 Å². The predicted octanol–water partition coefficient (Wildman–Crippen LogP) is 2.60. The largest absolute Gasteiger partial charge is 0.354 e. The lowest BCUT2D eigenvalue weighted by Gasteiger charge is -2.06. The summed E-state index contributed by atoms with van der Waals surface area (Å²) in [6.07, 6.45) is 1.08. The molecule has 2 N–H and O–H groups in total. The zero-order chi connectivity index (χ0) is 13.4. The van der Waals surface area contributed by atoms with Crippen molar-refractivity contribution in [1.29, 1.82) is 0 Å². The van der Waals surface area contributed by atoms with Crippen LogP contribution in [0.5, 0.6) is 0 Å². The Bertz CT molecular complexity index is 482. The maximum Gasteiger partial charge on any atom is 0.223 e. The molecule has 98 valence electrons. The molecule has 0 fully saturated rings. The maximum absolute atomic E-state index is 4.45. The van der Waals surface area contributed by atoms with E-state index in [2.05, 4.69) is 27.5 Å². The monoisotopic (exact) mass is 246 g/mol. The highest BCUT2D eigenvalue weighted by Gasteiger charge is 2.02. The van der Waals surface area contributed by atoms with E-state index in [0.29, 0.717) is 0 Å².